The summed E-state index contributed by atoms with van der Waals surface area (Å²) < 4.78 is 32.2. The second kappa shape index (κ2) is 8.47. The number of carbonyl (C=O) groups is 1. The lowest BCUT2D eigenvalue weighted by Crippen LogP contribution is -2.48. The molecule has 0 aliphatic carbocycles. The summed E-state index contributed by atoms with van der Waals surface area (Å²) in [5.41, 5.74) is 0.434. The molecule has 2 fully saturated rings. The van der Waals surface area contributed by atoms with Gasteiger partial charge in [-0.15, -0.1) is 0 Å². The van der Waals surface area contributed by atoms with Crippen molar-refractivity contribution in [2.45, 2.75) is 18.2 Å². The molecule has 0 radical (unpaired) electrons. The van der Waals surface area contributed by atoms with Gasteiger partial charge >= 0.3 is 0 Å². The highest BCUT2D eigenvalue weighted by Gasteiger charge is 2.28. The summed E-state index contributed by atoms with van der Waals surface area (Å²) in [7, 11) is -3.59. The maximum atomic E-state index is 12.8. The van der Waals surface area contributed by atoms with Gasteiger partial charge in [-0.2, -0.15) is 4.31 Å². The predicted molar refractivity (Wildman–Crippen MR) is 98.7 cm³/mol. The molecule has 0 unspecified atom stereocenters. The third-order valence-corrected chi connectivity index (χ3v) is 6.78. The van der Waals surface area contributed by atoms with Crippen LogP contribution in [0.5, 0.6) is 0 Å². The summed E-state index contributed by atoms with van der Waals surface area (Å²) in [6, 6.07) is 6.40. The average Bonchev–Trinajstić information content (AvgIpc) is 2.69. The summed E-state index contributed by atoms with van der Waals surface area (Å²) in [4.78, 5) is 17.1. The number of nitrogens with zero attached hydrogens (tertiary/aromatic N) is 3. The molecule has 0 spiro atoms. The molecule has 2 saturated heterocycles. The van der Waals surface area contributed by atoms with Gasteiger partial charge in [-0.05, 0) is 31.2 Å². The third-order valence-electron chi connectivity index (χ3n) is 4.89. The van der Waals surface area contributed by atoms with Crippen molar-refractivity contribution in [3.8, 4) is 0 Å². The fourth-order valence-corrected chi connectivity index (χ4v) is 4.85. The normalized spacial score (nSPS) is 20.3. The van der Waals surface area contributed by atoms with Crippen molar-refractivity contribution in [1.82, 2.24) is 14.1 Å². The molecule has 3 rings (SSSR count). The second-order valence-corrected chi connectivity index (χ2v) is 8.62. The van der Waals surface area contributed by atoms with Crippen molar-refractivity contribution in [1.29, 1.82) is 0 Å². The van der Waals surface area contributed by atoms with Gasteiger partial charge in [0.25, 0.3) is 5.91 Å². The molecular formula is C18H27N3O4S. The van der Waals surface area contributed by atoms with Crippen LogP contribution in [0.1, 0.15) is 23.7 Å². The highest BCUT2D eigenvalue weighted by atomic mass is 32.2. The molecule has 144 valence electrons. The molecule has 1 amide bonds. The Labute approximate surface area is 155 Å². The van der Waals surface area contributed by atoms with Crippen LogP contribution in [-0.4, -0.2) is 87.5 Å². The quantitative estimate of drug-likeness (QED) is 0.757. The topological polar surface area (TPSA) is 70.2 Å². The number of rotatable bonds is 5. The number of ether oxygens (including phenoxy) is 1. The highest BCUT2D eigenvalue weighted by molar-refractivity contribution is 7.89. The molecule has 1 aromatic carbocycles. The molecule has 0 N–H and O–H groups in total. The molecule has 2 aliphatic rings. The van der Waals surface area contributed by atoms with Gasteiger partial charge in [0.2, 0.25) is 10.0 Å². The number of amides is 1. The van der Waals surface area contributed by atoms with Crippen LogP contribution in [0.25, 0.3) is 0 Å². The minimum Gasteiger partial charge on any atom is -0.379 e. The van der Waals surface area contributed by atoms with E-state index >= 15 is 0 Å². The van der Waals surface area contributed by atoms with E-state index < -0.39 is 10.0 Å². The van der Waals surface area contributed by atoms with Gasteiger partial charge in [0.05, 0.1) is 18.1 Å². The van der Waals surface area contributed by atoms with Gasteiger partial charge in [-0.25, -0.2) is 8.42 Å². The fourth-order valence-electron chi connectivity index (χ4n) is 3.40. The average molecular weight is 381 g/mol. The molecule has 2 heterocycles. The van der Waals surface area contributed by atoms with E-state index in [4.69, 9.17) is 4.74 Å². The van der Waals surface area contributed by atoms with Crippen molar-refractivity contribution in [3.63, 3.8) is 0 Å². The van der Waals surface area contributed by atoms with Crippen LogP contribution in [-0.2, 0) is 14.8 Å². The second-order valence-electron chi connectivity index (χ2n) is 6.68. The van der Waals surface area contributed by atoms with Gasteiger partial charge < -0.3 is 9.64 Å². The van der Waals surface area contributed by atoms with Gasteiger partial charge in [0.15, 0.2) is 0 Å². The molecule has 7 nitrogen and oxygen atoms in total. The summed E-state index contributed by atoms with van der Waals surface area (Å²) in [6.45, 7) is 7.79. The Morgan fingerprint density at radius 2 is 1.77 bits per heavy atom. The van der Waals surface area contributed by atoms with E-state index in [0.29, 0.717) is 45.0 Å². The number of sulfonamides is 1. The van der Waals surface area contributed by atoms with Gasteiger partial charge in [-0.3, -0.25) is 9.69 Å². The van der Waals surface area contributed by atoms with E-state index in [1.54, 1.807) is 18.2 Å². The number of piperazine rings is 1. The fraction of sp³-hybridized carbons (Fsp3) is 0.611. The zero-order valence-electron chi connectivity index (χ0n) is 15.3. The van der Waals surface area contributed by atoms with Crippen LogP contribution in [0, 0.1) is 0 Å². The highest BCUT2D eigenvalue weighted by Crippen LogP contribution is 2.19. The Morgan fingerprint density at radius 3 is 2.42 bits per heavy atom. The van der Waals surface area contributed by atoms with Crippen LogP contribution in [0.3, 0.4) is 0 Å². The van der Waals surface area contributed by atoms with Crippen molar-refractivity contribution in [2.24, 2.45) is 0 Å². The molecule has 0 atom stereocenters. The Morgan fingerprint density at radius 1 is 1.08 bits per heavy atom. The van der Waals surface area contributed by atoms with Crippen molar-refractivity contribution < 1.29 is 17.9 Å². The van der Waals surface area contributed by atoms with Crippen molar-refractivity contribution in [3.05, 3.63) is 29.8 Å². The summed E-state index contributed by atoms with van der Waals surface area (Å²) >= 11 is 0. The van der Waals surface area contributed by atoms with Crippen LogP contribution in [0.2, 0.25) is 0 Å². The molecule has 8 heteroatoms. The van der Waals surface area contributed by atoms with E-state index in [1.165, 1.54) is 10.4 Å². The zero-order valence-corrected chi connectivity index (χ0v) is 16.1. The minimum atomic E-state index is -3.59. The number of hydrogen-bond acceptors (Lipinski definition) is 5. The number of hydrogen-bond donors (Lipinski definition) is 0. The Bertz CT molecular complexity index is 724. The third kappa shape index (κ3) is 4.25. The van der Waals surface area contributed by atoms with Gasteiger partial charge in [0.1, 0.15) is 0 Å². The lowest BCUT2D eigenvalue weighted by Gasteiger charge is -2.34. The lowest BCUT2D eigenvalue weighted by molar-refractivity contribution is 0.0637. The smallest absolute Gasteiger partial charge is 0.253 e. The maximum absolute atomic E-state index is 12.8. The Balaban J connectivity index is 1.72. The van der Waals surface area contributed by atoms with Crippen molar-refractivity contribution in [2.75, 3.05) is 59.0 Å². The zero-order chi connectivity index (χ0) is 18.6. The first-order valence-corrected chi connectivity index (χ1v) is 10.7. The number of morpholine rings is 1. The molecule has 1 aromatic rings. The largest absolute Gasteiger partial charge is 0.379 e. The molecule has 0 aromatic heterocycles. The summed E-state index contributed by atoms with van der Waals surface area (Å²) in [5.74, 6) is -0.0971. The van der Waals surface area contributed by atoms with Crippen LogP contribution in [0.4, 0.5) is 0 Å². The number of carbonyl (C=O) groups excluding carboxylic acids is 1. The summed E-state index contributed by atoms with van der Waals surface area (Å²) in [5, 5.41) is 0. The lowest BCUT2D eigenvalue weighted by atomic mass is 10.2. The molecule has 0 bridgehead atoms. The monoisotopic (exact) mass is 381 g/mol. The molecule has 26 heavy (non-hydrogen) atoms. The first-order valence-electron chi connectivity index (χ1n) is 9.22. The minimum absolute atomic E-state index is 0.0971. The first kappa shape index (κ1) is 19.3. The van der Waals surface area contributed by atoms with Crippen LogP contribution in [0.15, 0.2) is 29.2 Å². The van der Waals surface area contributed by atoms with E-state index in [0.717, 1.165) is 26.1 Å². The van der Waals surface area contributed by atoms with E-state index in [1.807, 2.05) is 4.90 Å². The van der Waals surface area contributed by atoms with Crippen LogP contribution < -0.4 is 0 Å². The van der Waals surface area contributed by atoms with Gasteiger partial charge in [0, 0.05) is 44.8 Å². The standard InChI is InChI=1S/C18H27N3O4S/c1-2-6-19-7-9-20(10-8-19)18(22)16-4-3-5-17(15-16)26(23,24)21-11-13-25-14-12-21/h3-5,15H,2,6-14H2,1H3. The SMILES string of the molecule is CCCN1CCN(C(=O)c2cccc(S(=O)(=O)N3CCOCC3)c2)CC1. The first-order chi connectivity index (χ1) is 12.5. The molecule has 0 saturated carbocycles. The Hall–Kier alpha value is -1.48. The Kier molecular flexibility index (Phi) is 6.29. The molecule has 2 aliphatic heterocycles. The predicted octanol–water partition coefficient (Wildman–Crippen LogP) is 0.875. The summed E-state index contributed by atoms with van der Waals surface area (Å²) in [6.07, 6.45) is 1.11. The maximum Gasteiger partial charge on any atom is 0.253 e. The van der Waals surface area contributed by atoms with E-state index in [9.17, 15) is 13.2 Å². The number of benzene rings is 1. The van der Waals surface area contributed by atoms with E-state index in [-0.39, 0.29) is 10.8 Å². The molecular weight excluding hydrogens is 354 g/mol. The van der Waals surface area contributed by atoms with Gasteiger partial charge in [-0.1, -0.05) is 13.0 Å². The van der Waals surface area contributed by atoms with Crippen molar-refractivity contribution >= 4 is 15.9 Å². The van der Waals surface area contributed by atoms with E-state index in [2.05, 4.69) is 11.8 Å². The van der Waals surface area contributed by atoms with Crippen LogP contribution >= 0.6 is 0 Å².